The maximum Gasteiger partial charge on any atom is 0.261 e. The number of amides is 1. The van der Waals surface area contributed by atoms with Crippen molar-refractivity contribution in [1.29, 1.82) is 0 Å². The number of ether oxygens (including phenoxy) is 1. The summed E-state index contributed by atoms with van der Waals surface area (Å²) in [5.74, 6) is -0.177. The molecule has 1 aromatic heterocycles. The molecule has 1 saturated heterocycles. The number of carbonyl (C=O) groups is 1. The van der Waals surface area contributed by atoms with E-state index in [1.54, 1.807) is 17.0 Å². The summed E-state index contributed by atoms with van der Waals surface area (Å²) < 4.78 is 6.65. The molecule has 2 heterocycles. The van der Waals surface area contributed by atoms with Crippen molar-refractivity contribution in [2.75, 3.05) is 18.1 Å². The number of rotatable bonds is 4. The lowest BCUT2D eigenvalue weighted by Gasteiger charge is -2.23. The Labute approximate surface area is 171 Å². The van der Waals surface area contributed by atoms with E-state index in [9.17, 15) is 4.79 Å². The van der Waals surface area contributed by atoms with Gasteiger partial charge in [0.15, 0.2) is 5.13 Å². The highest BCUT2D eigenvalue weighted by atomic mass is 35.5. The molecule has 2 aromatic carbocycles. The van der Waals surface area contributed by atoms with Gasteiger partial charge in [0.05, 0.1) is 38.5 Å². The van der Waals surface area contributed by atoms with Gasteiger partial charge in [0.25, 0.3) is 5.91 Å². The van der Waals surface area contributed by atoms with Crippen LogP contribution >= 0.6 is 34.5 Å². The predicted molar refractivity (Wildman–Crippen MR) is 111 cm³/mol. The molecule has 1 atom stereocenters. The normalized spacial score (nSPS) is 16.8. The van der Waals surface area contributed by atoms with Crippen molar-refractivity contribution in [3.63, 3.8) is 0 Å². The molecule has 1 amide bonds. The van der Waals surface area contributed by atoms with Crippen LogP contribution in [0.25, 0.3) is 10.2 Å². The first-order valence-electron chi connectivity index (χ1n) is 8.78. The third-order valence-electron chi connectivity index (χ3n) is 4.68. The molecular weight excluding hydrogens is 403 g/mol. The lowest BCUT2D eigenvalue weighted by atomic mass is 10.1. The van der Waals surface area contributed by atoms with Crippen molar-refractivity contribution in [3.05, 3.63) is 57.6 Å². The van der Waals surface area contributed by atoms with Crippen LogP contribution in [0.2, 0.25) is 10.0 Å². The molecule has 1 fully saturated rings. The average molecular weight is 421 g/mol. The summed E-state index contributed by atoms with van der Waals surface area (Å²) in [7, 11) is 0. The van der Waals surface area contributed by atoms with Crippen molar-refractivity contribution in [1.82, 2.24) is 4.98 Å². The number of fused-ring (bicyclic) bond motifs is 1. The van der Waals surface area contributed by atoms with Crippen LogP contribution in [-0.4, -0.2) is 30.1 Å². The van der Waals surface area contributed by atoms with Gasteiger partial charge in [-0.1, -0.05) is 52.7 Å². The van der Waals surface area contributed by atoms with Gasteiger partial charge in [-0.3, -0.25) is 9.69 Å². The molecular formula is C20H18Cl2N2O2S. The fourth-order valence-electron chi connectivity index (χ4n) is 3.23. The number of halogens is 2. The zero-order valence-corrected chi connectivity index (χ0v) is 17.1. The van der Waals surface area contributed by atoms with E-state index in [0.29, 0.717) is 27.3 Å². The number of carbonyl (C=O) groups excluding carboxylic acids is 1. The first kappa shape index (κ1) is 18.7. The van der Waals surface area contributed by atoms with E-state index in [4.69, 9.17) is 32.9 Å². The maximum atomic E-state index is 13.3. The van der Waals surface area contributed by atoms with Crippen molar-refractivity contribution in [2.45, 2.75) is 25.9 Å². The van der Waals surface area contributed by atoms with Gasteiger partial charge in [-0.05, 0) is 43.5 Å². The van der Waals surface area contributed by atoms with Crippen LogP contribution in [-0.2, 0) is 4.74 Å². The zero-order chi connectivity index (χ0) is 19.0. The second kappa shape index (κ2) is 7.76. The molecule has 0 radical (unpaired) electrons. The molecule has 4 nitrogen and oxygen atoms in total. The zero-order valence-electron chi connectivity index (χ0n) is 14.7. The van der Waals surface area contributed by atoms with Gasteiger partial charge in [0.1, 0.15) is 0 Å². The third kappa shape index (κ3) is 3.69. The molecule has 3 aromatic rings. The van der Waals surface area contributed by atoms with Gasteiger partial charge in [-0.2, -0.15) is 0 Å². The Bertz CT molecular complexity index is 960. The van der Waals surface area contributed by atoms with E-state index in [-0.39, 0.29) is 12.0 Å². The number of nitrogens with zero attached hydrogens (tertiary/aromatic N) is 2. The predicted octanol–water partition coefficient (Wildman–Crippen LogP) is 5.74. The van der Waals surface area contributed by atoms with Crippen LogP contribution in [0.15, 0.2) is 36.4 Å². The summed E-state index contributed by atoms with van der Waals surface area (Å²) >= 11 is 14.1. The summed E-state index contributed by atoms with van der Waals surface area (Å²) in [4.78, 5) is 19.7. The SMILES string of the molecule is Cc1ccc(Cl)c2sc(N(CC3CCCO3)C(=O)c3ccccc3Cl)nc12. The lowest BCUT2D eigenvalue weighted by Crippen LogP contribution is -2.37. The van der Waals surface area contributed by atoms with Crippen LogP contribution in [0.1, 0.15) is 28.8 Å². The quantitative estimate of drug-likeness (QED) is 0.540. The first-order valence-corrected chi connectivity index (χ1v) is 10.4. The highest BCUT2D eigenvalue weighted by Crippen LogP contribution is 2.37. The van der Waals surface area contributed by atoms with Crippen molar-refractivity contribution < 1.29 is 9.53 Å². The second-order valence-corrected chi connectivity index (χ2v) is 8.36. The van der Waals surface area contributed by atoms with Crippen LogP contribution in [0.4, 0.5) is 5.13 Å². The first-order chi connectivity index (χ1) is 13.0. The number of aromatic nitrogens is 1. The fourth-order valence-corrected chi connectivity index (χ4v) is 4.77. The summed E-state index contributed by atoms with van der Waals surface area (Å²) in [6.07, 6.45) is 1.93. The average Bonchev–Trinajstić information content (AvgIpc) is 3.33. The lowest BCUT2D eigenvalue weighted by molar-refractivity contribution is 0.0917. The van der Waals surface area contributed by atoms with Gasteiger partial charge in [-0.15, -0.1) is 0 Å². The minimum absolute atomic E-state index is 0.0000175. The standard InChI is InChI=1S/C20H18Cl2N2O2S/c1-12-8-9-16(22)18-17(12)23-20(27-18)24(11-13-5-4-10-26-13)19(25)14-6-2-3-7-15(14)21/h2-3,6-9,13H,4-5,10-11H2,1H3. The molecule has 0 bridgehead atoms. The third-order valence-corrected chi connectivity index (χ3v) is 6.54. The minimum atomic E-state index is -0.177. The molecule has 140 valence electrons. The number of hydrogen-bond acceptors (Lipinski definition) is 4. The van der Waals surface area contributed by atoms with Gasteiger partial charge in [0.2, 0.25) is 0 Å². The molecule has 0 aliphatic carbocycles. The Balaban J connectivity index is 1.78. The highest BCUT2D eigenvalue weighted by molar-refractivity contribution is 7.23. The molecule has 0 saturated carbocycles. The maximum absolute atomic E-state index is 13.3. The van der Waals surface area contributed by atoms with Crippen molar-refractivity contribution in [3.8, 4) is 0 Å². The number of aryl methyl sites for hydroxylation is 1. The Hall–Kier alpha value is -1.66. The van der Waals surface area contributed by atoms with E-state index in [2.05, 4.69) is 0 Å². The number of anilines is 1. The van der Waals surface area contributed by atoms with Crippen LogP contribution in [0.3, 0.4) is 0 Å². The fraction of sp³-hybridized carbons (Fsp3) is 0.300. The monoisotopic (exact) mass is 420 g/mol. The Morgan fingerprint density at radius 2 is 2.07 bits per heavy atom. The Kier molecular flexibility index (Phi) is 5.37. The summed E-state index contributed by atoms with van der Waals surface area (Å²) in [6.45, 7) is 3.16. The van der Waals surface area contributed by atoms with E-state index < -0.39 is 0 Å². The smallest absolute Gasteiger partial charge is 0.261 e. The highest BCUT2D eigenvalue weighted by Gasteiger charge is 2.28. The summed E-state index contributed by atoms with van der Waals surface area (Å²) in [6, 6.07) is 10.9. The van der Waals surface area contributed by atoms with Crippen molar-refractivity contribution >= 4 is 55.8 Å². The molecule has 1 unspecified atom stereocenters. The number of benzene rings is 2. The molecule has 1 aliphatic rings. The van der Waals surface area contributed by atoms with Crippen LogP contribution < -0.4 is 4.90 Å². The van der Waals surface area contributed by atoms with E-state index >= 15 is 0 Å². The largest absolute Gasteiger partial charge is 0.376 e. The minimum Gasteiger partial charge on any atom is -0.376 e. The molecule has 7 heteroatoms. The Morgan fingerprint density at radius 3 is 2.78 bits per heavy atom. The van der Waals surface area contributed by atoms with E-state index in [1.165, 1.54) is 11.3 Å². The van der Waals surface area contributed by atoms with Gasteiger partial charge in [-0.25, -0.2) is 4.98 Å². The molecule has 1 aliphatic heterocycles. The Morgan fingerprint density at radius 1 is 1.26 bits per heavy atom. The van der Waals surface area contributed by atoms with Crippen LogP contribution in [0.5, 0.6) is 0 Å². The van der Waals surface area contributed by atoms with Gasteiger partial charge >= 0.3 is 0 Å². The number of thiazole rings is 1. The van der Waals surface area contributed by atoms with E-state index in [1.807, 2.05) is 31.2 Å². The van der Waals surface area contributed by atoms with Crippen molar-refractivity contribution in [2.24, 2.45) is 0 Å². The van der Waals surface area contributed by atoms with Crippen LogP contribution in [0, 0.1) is 6.92 Å². The molecule has 27 heavy (non-hydrogen) atoms. The van der Waals surface area contributed by atoms with E-state index in [0.717, 1.165) is 35.2 Å². The second-order valence-electron chi connectivity index (χ2n) is 6.57. The number of hydrogen-bond donors (Lipinski definition) is 0. The summed E-state index contributed by atoms with van der Waals surface area (Å²) in [5, 5.41) is 1.68. The molecule has 4 rings (SSSR count). The molecule has 0 N–H and O–H groups in total. The topological polar surface area (TPSA) is 42.4 Å². The van der Waals surface area contributed by atoms with Gasteiger partial charge in [0, 0.05) is 6.61 Å². The molecule has 0 spiro atoms. The van der Waals surface area contributed by atoms with Gasteiger partial charge < -0.3 is 4.74 Å². The summed E-state index contributed by atoms with van der Waals surface area (Å²) in [5.41, 5.74) is 2.31.